The smallest absolute Gasteiger partial charge is 0.418 e. The molecule has 0 atom stereocenters. The van der Waals surface area contributed by atoms with E-state index in [1.54, 1.807) is 11.1 Å². The molecule has 2 heterocycles. The minimum atomic E-state index is -0.649. The molecular formula is C18H27N3O4S. The van der Waals surface area contributed by atoms with Crippen LogP contribution in [0.1, 0.15) is 52.9 Å². The Morgan fingerprint density at radius 3 is 2.38 bits per heavy atom. The molecule has 0 unspecified atom stereocenters. The summed E-state index contributed by atoms with van der Waals surface area (Å²) in [5.74, 6) is 0. The lowest BCUT2D eigenvalue weighted by Gasteiger charge is -2.41. The summed E-state index contributed by atoms with van der Waals surface area (Å²) in [6.45, 7) is 6.65. The van der Waals surface area contributed by atoms with Crippen LogP contribution in [0.2, 0.25) is 0 Å². The second-order valence-corrected chi connectivity index (χ2v) is 8.62. The van der Waals surface area contributed by atoms with Gasteiger partial charge in [-0.15, -0.1) is 11.3 Å². The van der Waals surface area contributed by atoms with Gasteiger partial charge in [0.2, 0.25) is 0 Å². The molecule has 8 heteroatoms. The number of carbonyl (C=O) groups excluding carboxylic acids is 2. The summed E-state index contributed by atoms with van der Waals surface area (Å²) < 4.78 is 11.0. The van der Waals surface area contributed by atoms with Gasteiger partial charge in [-0.05, 0) is 52.9 Å². The molecule has 3 rings (SSSR count). The summed E-state index contributed by atoms with van der Waals surface area (Å²) in [5, 5.41) is 2.46. The van der Waals surface area contributed by atoms with Crippen molar-refractivity contribution < 1.29 is 19.1 Å². The van der Waals surface area contributed by atoms with Crippen molar-refractivity contribution in [1.29, 1.82) is 0 Å². The number of urea groups is 1. The average molecular weight is 381 g/mol. The van der Waals surface area contributed by atoms with Gasteiger partial charge < -0.3 is 9.47 Å². The fraction of sp³-hybridized carbons (Fsp3) is 0.722. The number of hydrogen-bond donors (Lipinski definition) is 0. The van der Waals surface area contributed by atoms with E-state index < -0.39 is 11.7 Å². The van der Waals surface area contributed by atoms with Crippen molar-refractivity contribution in [2.45, 2.75) is 70.6 Å². The van der Waals surface area contributed by atoms with Crippen LogP contribution < -0.4 is 4.90 Å². The molecule has 0 aromatic carbocycles. The molecule has 1 saturated carbocycles. The maximum atomic E-state index is 13.5. The molecule has 26 heavy (non-hydrogen) atoms. The number of anilines is 1. The van der Waals surface area contributed by atoms with E-state index in [9.17, 15) is 9.59 Å². The topological polar surface area (TPSA) is 72.0 Å². The third-order valence-corrected chi connectivity index (χ3v) is 5.39. The van der Waals surface area contributed by atoms with E-state index in [0.29, 0.717) is 18.3 Å². The van der Waals surface area contributed by atoms with Crippen molar-refractivity contribution in [1.82, 2.24) is 9.88 Å². The monoisotopic (exact) mass is 381 g/mol. The van der Waals surface area contributed by atoms with Crippen LogP contribution >= 0.6 is 11.3 Å². The van der Waals surface area contributed by atoms with Crippen LogP contribution in [0.4, 0.5) is 14.7 Å². The minimum Gasteiger partial charge on any atom is -0.443 e. The zero-order valence-corrected chi connectivity index (χ0v) is 16.5. The fourth-order valence-electron chi connectivity index (χ4n) is 3.13. The summed E-state index contributed by atoms with van der Waals surface area (Å²) in [6, 6.07) is -0.446. The number of carbonyl (C=O) groups is 2. The van der Waals surface area contributed by atoms with Gasteiger partial charge in [-0.3, -0.25) is 4.90 Å². The van der Waals surface area contributed by atoms with E-state index in [-0.39, 0.29) is 18.1 Å². The second kappa shape index (κ2) is 7.92. The van der Waals surface area contributed by atoms with Crippen LogP contribution in [-0.4, -0.2) is 52.9 Å². The Bertz CT molecular complexity index is 619. The molecule has 0 bridgehead atoms. The van der Waals surface area contributed by atoms with Crippen molar-refractivity contribution in [3.05, 3.63) is 11.6 Å². The molecule has 3 amide bonds. The predicted molar refractivity (Wildman–Crippen MR) is 99.5 cm³/mol. The zero-order valence-electron chi connectivity index (χ0n) is 15.6. The van der Waals surface area contributed by atoms with Crippen molar-refractivity contribution in [3.63, 3.8) is 0 Å². The van der Waals surface area contributed by atoms with Crippen molar-refractivity contribution in [2.24, 2.45) is 0 Å². The normalized spacial score (nSPS) is 18.9. The highest BCUT2D eigenvalue weighted by atomic mass is 32.1. The van der Waals surface area contributed by atoms with Crippen molar-refractivity contribution >= 4 is 28.6 Å². The van der Waals surface area contributed by atoms with Gasteiger partial charge in [-0.1, -0.05) is 0 Å². The van der Waals surface area contributed by atoms with Crippen LogP contribution in [0.25, 0.3) is 0 Å². The number of amides is 3. The van der Waals surface area contributed by atoms with E-state index in [1.807, 2.05) is 26.2 Å². The first-order valence-electron chi connectivity index (χ1n) is 9.19. The molecule has 2 fully saturated rings. The minimum absolute atomic E-state index is 0.0209. The van der Waals surface area contributed by atoms with E-state index in [0.717, 1.165) is 32.1 Å². The lowest BCUT2D eigenvalue weighted by Crippen LogP contribution is -2.57. The SMILES string of the molecule is CC(C)(C)OC(=O)N(C(=O)N(c1nccs1)C1CCOCC1)C1CCC1. The van der Waals surface area contributed by atoms with Crippen molar-refractivity contribution in [3.8, 4) is 0 Å². The highest BCUT2D eigenvalue weighted by molar-refractivity contribution is 7.13. The number of ether oxygens (including phenoxy) is 2. The number of hydrogen-bond acceptors (Lipinski definition) is 6. The standard InChI is InChI=1S/C18H27N3O4S/c1-18(2,3)25-17(23)21(13-5-4-6-13)16(22)20(15-19-9-12-26-15)14-7-10-24-11-8-14/h9,12-14H,4-8,10-11H2,1-3H3. The molecular weight excluding hydrogens is 354 g/mol. The molecule has 1 aromatic heterocycles. The molecule has 1 aromatic rings. The van der Waals surface area contributed by atoms with Gasteiger partial charge in [0.1, 0.15) is 5.60 Å². The van der Waals surface area contributed by atoms with Gasteiger partial charge in [0.15, 0.2) is 5.13 Å². The van der Waals surface area contributed by atoms with Gasteiger partial charge >= 0.3 is 12.1 Å². The molecule has 0 radical (unpaired) electrons. The molecule has 7 nitrogen and oxygen atoms in total. The molecule has 2 aliphatic rings. The van der Waals surface area contributed by atoms with Gasteiger partial charge in [-0.25, -0.2) is 19.5 Å². The quantitative estimate of drug-likeness (QED) is 0.790. The fourth-order valence-corrected chi connectivity index (χ4v) is 3.83. The van der Waals surface area contributed by atoms with E-state index >= 15 is 0 Å². The number of aromatic nitrogens is 1. The van der Waals surface area contributed by atoms with Crippen LogP contribution in [0.15, 0.2) is 11.6 Å². The molecule has 144 valence electrons. The Morgan fingerprint density at radius 2 is 1.88 bits per heavy atom. The molecule has 1 saturated heterocycles. The Labute approximate surface area is 158 Å². The molecule has 1 aliphatic heterocycles. The number of imide groups is 1. The van der Waals surface area contributed by atoms with E-state index in [2.05, 4.69) is 4.98 Å². The Morgan fingerprint density at radius 1 is 1.19 bits per heavy atom. The average Bonchev–Trinajstić information content (AvgIpc) is 3.04. The highest BCUT2D eigenvalue weighted by Gasteiger charge is 2.42. The van der Waals surface area contributed by atoms with Crippen LogP contribution in [0.3, 0.4) is 0 Å². The van der Waals surface area contributed by atoms with Crippen LogP contribution in [0.5, 0.6) is 0 Å². The zero-order chi connectivity index (χ0) is 18.7. The Balaban J connectivity index is 1.87. The summed E-state index contributed by atoms with van der Waals surface area (Å²) in [7, 11) is 0. The van der Waals surface area contributed by atoms with E-state index in [4.69, 9.17) is 9.47 Å². The predicted octanol–water partition coefficient (Wildman–Crippen LogP) is 4.04. The largest absolute Gasteiger partial charge is 0.443 e. The number of rotatable bonds is 3. The van der Waals surface area contributed by atoms with Gasteiger partial charge in [0.05, 0.1) is 0 Å². The summed E-state index contributed by atoms with van der Waals surface area (Å²) in [6.07, 6.45) is 5.25. The third kappa shape index (κ3) is 4.35. The number of thiazole rings is 1. The summed E-state index contributed by atoms with van der Waals surface area (Å²) in [4.78, 5) is 33.6. The maximum absolute atomic E-state index is 13.5. The summed E-state index contributed by atoms with van der Waals surface area (Å²) in [5.41, 5.74) is -0.649. The first kappa shape index (κ1) is 19.1. The molecule has 1 aliphatic carbocycles. The van der Waals surface area contributed by atoms with Crippen LogP contribution in [0, 0.1) is 0 Å². The lowest BCUT2D eigenvalue weighted by molar-refractivity contribution is 0.0183. The first-order chi connectivity index (χ1) is 12.4. The maximum Gasteiger partial charge on any atom is 0.418 e. The first-order valence-corrected chi connectivity index (χ1v) is 10.1. The van der Waals surface area contributed by atoms with Gasteiger partial charge in [-0.2, -0.15) is 0 Å². The van der Waals surface area contributed by atoms with Gasteiger partial charge in [0.25, 0.3) is 0 Å². The lowest BCUT2D eigenvalue weighted by atomic mass is 9.92. The van der Waals surface area contributed by atoms with Crippen LogP contribution in [-0.2, 0) is 9.47 Å². The van der Waals surface area contributed by atoms with Crippen molar-refractivity contribution in [2.75, 3.05) is 18.1 Å². The molecule has 0 spiro atoms. The Hall–Kier alpha value is -1.67. The highest BCUT2D eigenvalue weighted by Crippen LogP contribution is 2.32. The molecule has 0 N–H and O–H groups in total. The van der Waals surface area contributed by atoms with Gasteiger partial charge in [0, 0.05) is 36.9 Å². The second-order valence-electron chi connectivity index (χ2n) is 7.75. The number of nitrogens with zero attached hydrogens (tertiary/aromatic N) is 3. The Kier molecular flexibility index (Phi) is 5.82. The third-order valence-electron chi connectivity index (χ3n) is 4.62. The van der Waals surface area contributed by atoms with E-state index in [1.165, 1.54) is 16.2 Å². The summed E-state index contributed by atoms with van der Waals surface area (Å²) >= 11 is 1.41.